The number of nitrogens with one attached hydrogen (secondary N) is 1. The molecular formula is C31H42FN5O4. The highest BCUT2D eigenvalue weighted by atomic mass is 19.1. The van der Waals surface area contributed by atoms with Crippen molar-refractivity contribution in [3.8, 4) is 0 Å². The van der Waals surface area contributed by atoms with Gasteiger partial charge in [0.2, 0.25) is 5.91 Å². The van der Waals surface area contributed by atoms with Gasteiger partial charge in [-0.15, -0.1) is 0 Å². The first-order valence-corrected chi connectivity index (χ1v) is 15.1. The Morgan fingerprint density at radius 1 is 1.05 bits per heavy atom. The van der Waals surface area contributed by atoms with Crippen LogP contribution >= 0.6 is 0 Å². The van der Waals surface area contributed by atoms with E-state index in [9.17, 15) is 14.4 Å². The van der Waals surface area contributed by atoms with E-state index < -0.39 is 11.3 Å². The maximum absolute atomic E-state index is 15.8. The van der Waals surface area contributed by atoms with E-state index in [4.69, 9.17) is 4.74 Å². The average Bonchev–Trinajstić information content (AvgIpc) is 3.68. The molecule has 0 atom stereocenters. The van der Waals surface area contributed by atoms with Crippen LogP contribution in [0.15, 0.2) is 24.4 Å². The fourth-order valence-electron chi connectivity index (χ4n) is 6.60. The van der Waals surface area contributed by atoms with Gasteiger partial charge in [-0.25, -0.2) is 14.0 Å². The number of hydrogen-bond acceptors (Lipinski definition) is 5. The first-order valence-electron chi connectivity index (χ1n) is 15.1. The highest BCUT2D eigenvalue weighted by Gasteiger charge is 2.39. The zero-order chi connectivity index (χ0) is 28.9. The van der Waals surface area contributed by atoms with Crippen molar-refractivity contribution in [3.05, 3.63) is 30.0 Å². The summed E-state index contributed by atoms with van der Waals surface area (Å²) >= 11 is 0. The van der Waals surface area contributed by atoms with Crippen LogP contribution in [0.5, 0.6) is 0 Å². The number of nitrogens with zero attached hydrogens (tertiary/aromatic N) is 4. The number of piperidine rings is 2. The number of anilines is 1. The summed E-state index contributed by atoms with van der Waals surface area (Å²) in [5.74, 6) is 0.331. The van der Waals surface area contributed by atoms with E-state index in [0.717, 1.165) is 31.6 Å². The second-order valence-corrected chi connectivity index (χ2v) is 13.3. The SMILES string of the molecule is CC(C)(C)OC(=O)N1CCC(F)(CN2CCC(n3cc(C4CC4)c4cc(N5CCC(=O)NC5=O)ccc43)CC2)CC1. The number of carbonyl (C=O) groups excluding carboxylic acids is 3. The number of aromatic nitrogens is 1. The number of hydrogen-bond donors (Lipinski definition) is 1. The number of likely N-dealkylation sites (tertiary alicyclic amines) is 2. The van der Waals surface area contributed by atoms with Gasteiger partial charge in [0.05, 0.1) is 0 Å². The molecule has 1 aromatic carbocycles. The summed E-state index contributed by atoms with van der Waals surface area (Å²) in [6, 6.07) is 6.19. The molecule has 3 aliphatic heterocycles. The maximum Gasteiger partial charge on any atom is 0.410 e. The number of urea groups is 1. The molecule has 3 saturated heterocycles. The zero-order valence-corrected chi connectivity index (χ0v) is 24.5. The molecule has 1 N–H and O–H groups in total. The summed E-state index contributed by atoms with van der Waals surface area (Å²) in [6.45, 7) is 8.79. The number of ether oxygens (including phenoxy) is 1. The third-order valence-electron chi connectivity index (χ3n) is 9.00. The summed E-state index contributed by atoms with van der Waals surface area (Å²) in [5, 5.41) is 3.61. The first kappa shape index (κ1) is 28.0. The van der Waals surface area contributed by atoms with Gasteiger partial charge in [0.25, 0.3) is 0 Å². The van der Waals surface area contributed by atoms with Crippen LogP contribution in [0.25, 0.3) is 10.9 Å². The second kappa shape index (κ2) is 10.6. The van der Waals surface area contributed by atoms with Crippen LogP contribution in [0, 0.1) is 0 Å². The molecule has 1 saturated carbocycles. The molecule has 4 aliphatic rings. The molecule has 0 bridgehead atoms. The van der Waals surface area contributed by atoms with Gasteiger partial charge < -0.3 is 19.1 Å². The molecule has 41 heavy (non-hydrogen) atoms. The van der Waals surface area contributed by atoms with Crippen LogP contribution in [0.2, 0.25) is 0 Å². The Morgan fingerprint density at radius 2 is 1.76 bits per heavy atom. The molecule has 2 aromatic rings. The first-order chi connectivity index (χ1) is 19.5. The summed E-state index contributed by atoms with van der Waals surface area (Å²) in [5.41, 5.74) is 1.51. The van der Waals surface area contributed by atoms with E-state index in [1.807, 2.05) is 26.8 Å². The second-order valence-electron chi connectivity index (χ2n) is 13.3. The van der Waals surface area contributed by atoms with Crippen molar-refractivity contribution in [2.24, 2.45) is 0 Å². The molecule has 0 unspecified atom stereocenters. The molecule has 222 valence electrons. The van der Waals surface area contributed by atoms with Crippen molar-refractivity contribution < 1.29 is 23.5 Å². The molecule has 10 heteroatoms. The average molecular weight is 568 g/mol. The van der Waals surface area contributed by atoms with Crippen molar-refractivity contribution in [1.29, 1.82) is 0 Å². The number of fused-ring (bicyclic) bond motifs is 1. The van der Waals surface area contributed by atoms with Crippen molar-refractivity contribution in [3.63, 3.8) is 0 Å². The van der Waals surface area contributed by atoms with Crippen LogP contribution in [0.4, 0.5) is 19.7 Å². The minimum Gasteiger partial charge on any atom is -0.444 e. The van der Waals surface area contributed by atoms with Crippen LogP contribution in [0.1, 0.15) is 83.2 Å². The molecule has 4 fully saturated rings. The van der Waals surface area contributed by atoms with Crippen LogP contribution in [0.3, 0.4) is 0 Å². The number of rotatable bonds is 5. The van der Waals surface area contributed by atoms with Gasteiger partial charge in [-0.05, 0) is 76.1 Å². The lowest BCUT2D eigenvalue weighted by Crippen LogP contribution is -2.51. The molecule has 6 rings (SSSR count). The number of benzene rings is 1. The number of amides is 4. The van der Waals surface area contributed by atoms with Crippen LogP contribution in [-0.2, 0) is 9.53 Å². The Kier molecular flexibility index (Phi) is 7.24. The Balaban J connectivity index is 1.09. The topological polar surface area (TPSA) is 87.1 Å². The number of carbonyl (C=O) groups is 3. The summed E-state index contributed by atoms with van der Waals surface area (Å²) in [4.78, 5) is 42.0. The molecular weight excluding hydrogens is 525 g/mol. The van der Waals surface area contributed by atoms with E-state index in [1.54, 1.807) is 9.80 Å². The summed E-state index contributed by atoms with van der Waals surface area (Å²) < 4.78 is 23.7. The largest absolute Gasteiger partial charge is 0.444 e. The van der Waals surface area contributed by atoms with E-state index in [0.29, 0.717) is 57.4 Å². The Hall–Kier alpha value is -3.14. The molecule has 9 nitrogen and oxygen atoms in total. The number of halogens is 1. The number of imide groups is 1. The van der Waals surface area contributed by atoms with Gasteiger partial charge in [-0.1, -0.05) is 0 Å². The third-order valence-corrected chi connectivity index (χ3v) is 9.00. The fraction of sp³-hybridized carbons (Fsp3) is 0.645. The lowest BCUT2D eigenvalue weighted by molar-refractivity contribution is -0.120. The van der Waals surface area contributed by atoms with Gasteiger partial charge in [-0.3, -0.25) is 15.0 Å². The predicted octanol–water partition coefficient (Wildman–Crippen LogP) is 5.34. The minimum atomic E-state index is -1.29. The monoisotopic (exact) mass is 567 g/mol. The normalized spacial score (nSPS) is 22.7. The van der Waals surface area contributed by atoms with E-state index in [2.05, 4.69) is 33.1 Å². The molecule has 1 aromatic heterocycles. The van der Waals surface area contributed by atoms with Gasteiger partial charge in [0.1, 0.15) is 11.3 Å². The zero-order valence-electron chi connectivity index (χ0n) is 24.5. The van der Waals surface area contributed by atoms with Crippen molar-refractivity contribution in [2.45, 2.75) is 88.9 Å². The van der Waals surface area contributed by atoms with Gasteiger partial charge in [0.15, 0.2) is 0 Å². The lowest BCUT2D eigenvalue weighted by Gasteiger charge is -2.41. The van der Waals surface area contributed by atoms with Gasteiger partial charge in [0, 0.05) is 87.4 Å². The van der Waals surface area contributed by atoms with Crippen LogP contribution < -0.4 is 10.2 Å². The summed E-state index contributed by atoms with van der Waals surface area (Å²) in [7, 11) is 0. The fourth-order valence-corrected chi connectivity index (χ4v) is 6.60. The van der Waals surface area contributed by atoms with Crippen molar-refractivity contribution in [1.82, 2.24) is 19.7 Å². The van der Waals surface area contributed by atoms with Crippen molar-refractivity contribution in [2.75, 3.05) is 44.2 Å². The van der Waals surface area contributed by atoms with Gasteiger partial charge in [-0.2, -0.15) is 0 Å². The van der Waals surface area contributed by atoms with Crippen LogP contribution in [-0.4, -0.2) is 82.9 Å². The highest BCUT2D eigenvalue weighted by molar-refractivity contribution is 6.06. The highest BCUT2D eigenvalue weighted by Crippen LogP contribution is 2.46. The smallest absolute Gasteiger partial charge is 0.410 e. The Bertz CT molecular complexity index is 1330. The molecule has 4 heterocycles. The van der Waals surface area contributed by atoms with Crippen molar-refractivity contribution >= 4 is 34.6 Å². The Labute approximate surface area is 240 Å². The summed E-state index contributed by atoms with van der Waals surface area (Å²) in [6.07, 6.45) is 7.21. The minimum absolute atomic E-state index is 0.228. The third kappa shape index (κ3) is 6.08. The molecule has 4 amide bonds. The maximum atomic E-state index is 15.8. The number of alkyl halides is 1. The lowest BCUT2D eigenvalue weighted by atomic mass is 9.91. The molecule has 0 radical (unpaired) electrons. The van der Waals surface area contributed by atoms with E-state index in [-0.39, 0.29) is 18.0 Å². The standard InChI is InChI=1S/C31H42FN5O4/c1-30(2,3)41-29(40)35-16-11-31(32,12-17-35)20-34-13-8-22(9-14-34)37-19-25(21-4-5-21)24-18-23(6-7-26(24)37)36-15-10-27(38)33-28(36)39/h6-7,18-19,21-22H,4-5,8-17,20H2,1-3H3,(H,33,38,39). The Morgan fingerprint density at radius 3 is 2.39 bits per heavy atom. The molecule has 0 spiro atoms. The quantitative estimate of drug-likeness (QED) is 0.527. The van der Waals surface area contributed by atoms with E-state index >= 15 is 4.39 Å². The van der Waals surface area contributed by atoms with Gasteiger partial charge >= 0.3 is 12.1 Å². The van der Waals surface area contributed by atoms with E-state index in [1.165, 1.54) is 29.3 Å². The molecule has 1 aliphatic carbocycles. The predicted molar refractivity (Wildman–Crippen MR) is 155 cm³/mol.